The zero-order valence-electron chi connectivity index (χ0n) is 12.4. The zero-order valence-corrected chi connectivity index (χ0v) is 12.4. The minimum Gasteiger partial charge on any atom is -0.503 e. The molecule has 7 heteroatoms. The number of rotatable bonds is 5. The number of hydrogen-bond donors (Lipinski definition) is 3. The number of imide groups is 1. The molecular formula is C15H21N3O4. The second-order valence-electron chi connectivity index (χ2n) is 5.40. The summed E-state index contributed by atoms with van der Waals surface area (Å²) in [4.78, 5) is 26.7. The number of aromatic hydroxyl groups is 1. The Bertz CT molecular complexity index is 542. The first-order valence-electron chi connectivity index (χ1n) is 7.47. The van der Waals surface area contributed by atoms with Crippen LogP contribution in [0.4, 0.5) is 0 Å². The van der Waals surface area contributed by atoms with Gasteiger partial charge in [0.25, 0.3) is 5.91 Å². The minimum atomic E-state index is -0.795. The third-order valence-electron chi connectivity index (χ3n) is 3.74. The number of ether oxygens (including phenoxy) is 1. The number of hydrogen-bond acceptors (Lipinski definition) is 6. The summed E-state index contributed by atoms with van der Waals surface area (Å²) in [5.74, 6) is -1.13. The highest BCUT2D eigenvalue weighted by Crippen LogP contribution is 2.30. The molecule has 2 amide bonds. The Labute approximate surface area is 128 Å². The van der Waals surface area contributed by atoms with Gasteiger partial charge in [0.1, 0.15) is 0 Å². The third-order valence-corrected chi connectivity index (χ3v) is 3.74. The SMILES string of the molecule is NCC(=O)NC(=O)c1nccc(OCC2CCCCC2)c1O. The van der Waals surface area contributed by atoms with Gasteiger partial charge in [-0.2, -0.15) is 0 Å². The Morgan fingerprint density at radius 1 is 1.36 bits per heavy atom. The molecule has 22 heavy (non-hydrogen) atoms. The van der Waals surface area contributed by atoms with Gasteiger partial charge < -0.3 is 15.6 Å². The molecule has 0 bridgehead atoms. The van der Waals surface area contributed by atoms with E-state index in [0.717, 1.165) is 12.8 Å². The summed E-state index contributed by atoms with van der Waals surface area (Å²) in [5.41, 5.74) is 4.88. The van der Waals surface area contributed by atoms with Crippen LogP contribution in [0.25, 0.3) is 0 Å². The summed E-state index contributed by atoms with van der Waals surface area (Å²) >= 11 is 0. The topological polar surface area (TPSA) is 115 Å². The van der Waals surface area contributed by atoms with Crippen molar-refractivity contribution < 1.29 is 19.4 Å². The van der Waals surface area contributed by atoms with Crippen LogP contribution < -0.4 is 15.8 Å². The molecule has 0 radical (unpaired) electrons. The van der Waals surface area contributed by atoms with Gasteiger partial charge in [0.05, 0.1) is 13.2 Å². The number of carbonyl (C=O) groups is 2. The number of nitrogens with zero attached hydrogens (tertiary/aromatic N) is 1. The largest absolute Gasteiger partial charge is 0.503 e. The highest BCUT2D eigenvalue weighted by atomic mass is 16.5. The minimum absolute atomic E-state index is 0.200. The van der Waals surface area contributed by atoms with Gasteiger partial charge in [-0.3, -0.25) is 14.9 Å². The van der Waals surface area contributed by atoms with E-state index in [1.807, 2.05) is 5.32 Å². The van der Waals surface area contributed by atoms with E-state index in [0.29, 0.717) is 12.5 Å². The van der Waals surface area contributed by atoms with Gasteiger partial charge in [-0.15, -0.1) is 0 Å². The lowest BCUT2D eigenvalue weighted by atomic mass is 9.90. The number of nitrogens with one attached hydrogen (secondary N) is 1. The van der Waals surface area contributed by atoms with E-state index in [1.54, 1.807) is 0 Å². The van der Waals surface area contributed by atoms with Crippen LogP contribution in [0, 0.1) is 5.92 Å². The summed E-state index contributed by atoms with van der Waals surface area (Å²) in [6, 6.07) is 1.50. The highest BCUT2D eigenvalue weighted by Gasteiger charge is 2.20. The molecule has 1 aromatic rings. The van der Waals surface area contributed by atoms with Crippen LogP contribution in [0.5, 0.6) is 11.5 Å². The number of pyridine rings is 1. The van der Waals surface area contributed by atoms with Crippen LogP contribution in [-0.4, -0.2) is 35.1 Å². The lowest BCUT2D eigenvalue weighted by Crippen LogP contribution is -2.35. The van der Waals surface area contributed by atoms with Gasteiger partial charge in [0, 0.05) is 12.3 Å². The van der Waals surface area contributed by atoms with Gasteiger partial charge in [0.15, 0.2) is 17.2 Å². The number of carbonyl (C=O) groups excluding carboxylic acids is 2. The van der Waals surface area contributed by atoms with Crippen molar-refractivity contribution in [3.8, 4) is 11.5 Å². The second kappa shape index (κ2) is 7.74. The predicted octanol–water partition coefficient (Wildman–Crippen LogP) is 0.961. The van der Waals surface area contributed by atoms with Crippen LogP contribution in [-0.2, 0) is 4.79 Å². The van der Waals surface area contributed by atoms with Crippen LogP contribution in [0.15, 0.2) is 12.3 Å². The summed E-state index contributed by atoms with van der Waals surface area (Å²) in [7, 11) is 0. The van der Waals surface area contributed by atoms with E-state index in [2.05, 4.69) is 4.98 Å². The molecule has 1 saturated carbocycles. The zero-order chi connectivity index (χ0) is 15.9. The molecule has 4 N–H and O–H groups in total. The Kier molecular flexibility index (Phi) is 5.71. The van der Waals surface area contributed by atoms with Crippen LogP contribution >= 0.6 is 0 Å². The summed E-state index contributed by atoms with van der Waals surface area (Å²) in [6.07, 6.45) is 7.25. The first kappa shape index (κ1) is 16.2. The molecule has 0 unspecified atom stereocenters. The highest BCUT2D eigenvalue weighted by molar-refractivity contribution is 6.05. The quantitative estimate of drug-likeness (QED) is 0.746. The van der Waals surface area contributed by atoms with Gasteiger partial charge in [0.2, 0.25) is 5.91 Å². The summed E-state index contributed by atoms with van der Waals surface area (Å²) in [5, 5.41) is 12.1. The lowest BCUT2D eigenvalue weighted by molar-refractivity contribution is -0.118. The van der Waals surface area contributed by atoms with E-state index in [4.69, 9.17) is 10.5 Å². The molecule has 1 aliphatic rings. The van der Waals surface area contributed by atoms with Crippen LogP contribution in [0.2, 0.25) is 0 Å². The molecule has 0 spiro atoms. The van der Waals surface area contributed by atoms with Crippen LogP contribution in [0.1, 0.15) is 42.6 Å². The van der Waals surface area contributed by atoms with E-state index >= 15 is 0 Å². The second-order valence-corrected chi connectivity index (χ2v) is 5.40. The smallest absolute Gasteiger partial charge is 0.280 e. The molecule has 0 saturated heterocycles. The van der Waals surface area contributed by atoms with Crippen molar-refractivity contribution in [2.24, 2.45) is 11.7 Å². The van der Waals surface area contributed by atoms with E-state index in [9.17, 15) is 14.7 Å². The Morgan fingerprint density at radius 3 is 2.77 bits per heavy atom. The van der Waals surface area contributed by atoms with E-state index < -0.39 is 11.8 Å². The molecule has 0 aromatic carbocycles. The van der Waals surface area contributed by atoms with Gasteiger partial charge in [-0.25, -0.2) is 4.98 Å². The molecule has 1 aliphatic carbocycles. The summed E-state index contributed by atoms with van der Waals surface area (Å²) in [6.45, 7) is 0.185. The van der Waals surface area contributed by atoms with E-state index in [1.165, 1.54) is 31.5 Å². The number of amides is 2. The number of aromatic nitrogens is 1. The molecule has 0 aliphatic heterocycles. The molecule has 120 valence electrons. The fraction of sp³-hybridized carbons (Fsp3) is 0.533. The van der Waals surface area contributed by atoms with Crippen molar-refractivity contribution >= 4 is 11.8 Å². The molecular weight excluding hydrogens is 286 g/mol. The van der Waals surface area contributed by atoms with Gasteiger partial charge >= 0.3 is 0 Å². The molecule has 1 fully saturated rings. The standard InChI is InChI=1S/C15H21N3O4/c16-8-12(19)18-15(21)13-14(20)11(6-7-17-13)22-9-10-4-2-1-3-5-10/h6-7,10,20H,1-5,8-9,16H2,(H,18,19,21). The fourth-order valence-electron chi connectivity index (χ4n) is 2.52. The van der Waals surface area contributed by atoms with Crippen molar-refractivity contribution in [3.63, 3.8) is 0 Å². The summed E-state index contributed by atoms with van der Waals surface area (Å²) < 4.78 is 5.62. The average molecular weight is 307 g/mol. The maximum atomic E-state index is 11.8. The van der Waals surface area contributed by atoms with Crippen molar-refractivity contribution in [1.29, 1.82) is 0 Å². The van der Waals surface area contributed by atoms with Crippen LogP contribution in [0.3, 0.4) is 0 Å². The molecule has 7 nitrogen and oxygen atoms in total. The monoisotopic (exact) mass is 307 g/mol. The van der Waals surface area contributed by atoms with Crippen molar-refractivity contribution in [1.82, 2.24) is 10.3 Å². The Balaban J connectivity index is 2.01. The number of nitrogens with two attached hydrogens (primary N) is 1. The van der Waals surface area contributed by atoms with E-state index in [-0.39, 0.29) is 23.7 Å². The molecule has 0 atom stereocenters. The molecule has 1 heterocycles. The molecule has 2 rings (SSSR count). The third kappa shape index (κ3) is 4.17. The predicted molar refractivity (Wildman–Crippen MR) is 79.5 cm³/mol. The average Bonchev–Trinajstić information content (AvgIpc) is 2.54. The first-order chi connectivity index (χ1) is 10.6. The Morgan fingerprint density at radius 2 is 2.09 bits per heavy atom. The first-order valence-corrected chi connectivity index (χ1v) is 7.47. The van der Waals surface area contributed by atoms with Gasteiger partial charge in [-0.1, -0.05) is 19.3 Å². The molecule has 1 aromatic heterocycles. The lowest BCUT2D eigenvalue weighted by Gasteiger charge is -2.22. The Hall–Kier alpha value is -2.15. The van der Waals surface area contributed by atoms with Crippen molar-refractivity contribution in [3.05, 3.63) is 18.0 Å². The van der Waals surface area contributed by atoms with Crippen molar-refractivity contribution in [2.75, 3.05) is 13.2 Å². The normalized spacial score (nSPS) is 15.3. The maximum absolute atomic E-state index is 11.8. The van der Waals surface area contributed by atoms with Gasteiger partial charge in [-0.05, 0) is 18.8 Å². The maximum Gasteiger partial charge on any atom is 0.280 e. The van der Waals surface area contributed by atoms with Crippen molar-refractivity contribution in [2.45, 2.75) is 32.1 Å². The fourth-order valence-corrected chi connectivity index (χ4v) is 2.52.